The summed E-state index contributed by atoms with van der Waals surface area (Å²) < 4.78 is 14.1. The zero-order valence-corrected chi connectivity index (χ0v) is 16.4. The highest BCUT2D eigenvalue weighted by atomic mass is 16.5. The molecule has 7 nitrogen and oxygen atoms in total. The van der Waals surface area contributed by atoms with Crippen molar-refractivity contribution in [3.05, 3.63) is 48.5 Å². The van der Waals surface area contributed by atoms with Crippen LogP contribution in [0.2, 0.25) is 0 Å². The highest BCUT2D eigenvalue weighted by molar-refractivity contribution is 5.65. The Balaban J connectivity index is 1.46. The minimum atomic E-state index is 0.429. The number of aryl methyl sites for hydroxylation is 1. The standard InChI is InChI=1S/C22H23N5O2/c1-15-19(22-26-25-21(29-22)17-9-5-11-23-13-17)27-12-6-10-18(20(27)24-15)28-14-16-7-3-2-4-8-16/h5-6,9-13,16H,2-4,7-8,14H2,1H3. The van der Waals surface area contributed by atoms with Crippen LogP contribution in [0.3, 0.4) is 0 Å². The first-order valence-electron chi connectivity index (χ1n) is 10.1. The normalized spacial score (nSPS) is 15.1. The lowest BCUT2D eigenvalue weighted by Crippen LogP contribution is -2.15. The number of fused-ring (bicyclic) bond motifs is 1. The highest BCUT2D eigenvalue weighted by Crippen LogP contribution is 2.31. The quantitative estimate of drug-likeness (QED) is 0.492. The molecule has 1 saturated carbocycles. The molecule has 4 aromatic heterocycles. The van der Waals surface area contributed by atoms with Gasteiger partial charge in [0.15, 0.2) is 11.4 Å². The van der Waals surface area contributed by atoms with Gasteiger partial charge in [-0.05, 0) is 49.9 Å². The van der Waals surface area contributed by atoms with Crippen LogP contribution in [0.4, 0.5) is 0 Å². The molecule has 5 rings (SSSR count). The van der Waals surface area contributed by atoms with Crippen molar-refractivity contribution >= 4 is 5.65 Å². The Bertz CT molecular complexity index is 1110. The van der Waals surface area contributed by atoms with Crippen LogP contribution in [0.25, 0.3) is 28.7 Å². The molecule has 0 aromatic carbocycles. The van der Waals surface area contributed by atoms with E-state index in [9.17, 15) is 0 Å². The first-order valence-corrected chi connectivity index (χ1v) is 10.1. The molecule has 0 spiro atoms. The van der Waals surface area contributed by atoms with Crippen molar-refractivity contribution in [2.24, 2.45) is 5.92 Å². The second kappa shape index (κ2) is 7.66. The predicted octanol–water partition coefficient (Wildman–Crippen LogP) is 4.71. The molecule has 1 aliphatic rings. The SMILES string of the molecule is Cc1nc2c(OCC3CCCCC3)cccn2c1-c1nnc(-c2cccnc2)o1. The monoisotopic (exact) mass is 389 g/mol. The number of pyridine rings is 2. The summed E-state index contributed by atoms with van der Waals surface area (Å²) in [6.07, 6.45) is 11.8. The van der Waals surface area contributed by atoms with Crippen molar-refractivity contribution in [1.29, 1.82) is 0 Å². The van der Waals surface area contributed by atoms with Gasteiger partial charge in [-0.1, -0.05) is 19.3 Å². The summed E-state index contributed by atoms with van der Waals surface area (Å²) in [5.41, 5.74) is 3.16. The Kier molecular flexibility index (Phi) is 4.71. The maximum absolute atomic E-state index is 6.18. The van der Waals surface area contributed by atoms with Gasteiger partial charge in [-0.3, -0.25) is 9.38 Å². The summed E-state index contributed by atoms with van der Waals surface area (Å²) in [4.78, 5) is 8.84. The van der Waals surface area contributed by atoms with Crippen molar-refractivity contribution in [2.75, 3.05) is 6.61 Å². The van der Waals surface area contributed by atoms with Crippen molar-refractivity contribution in [1.82, 2.24) is 24.6 Å². The molecule has 7 heteroatoms. The van der Waals surface area contributed by atoms with Gasteiger partial charge >= 0.3 is 0 Å². The fourth-order valence-corrected chi connectivity index (χ4v) is 4.01. The fraction of sp³-hybridized carbons (Fsp3) is 0.364. The van der Waals surface area contributed by atoms with Crippen LogP contribution in [0.15, 0.2) is 47.3 Å². The minimum absolute atomic E-state index is 0.429. The number of hydrogen-bond donors (Lipinski definition) is 0. The molecule has 4 heterocycles. The van der Waals surface area contributed by atoms with E-state index in [2.05, 4.69) is 15.2 Å². The van der Waals surface area contributed by atoms with E-state index < -0.39 is 0 Å². The van der Waals surface area contributed by atoms with Crippen LogP contribution in [-0.4, -0.2) is 31.2 Å². The van der Waals surface area contributed by atoms with Crippen LogP contribution in [0.5, 0.6) is 5.75 Å². The fourth-order valence-electron chi connectivity index (χ4n) is 4.01. The summed E-state index contributed by atoms with van der Waals surface area (Å²) in [7, 11) is 0. The second-order valence-electron chi connectivity index (χ2n) is 7.58. The first-order chi connectivity index (χ1) is 14.3. The number of nitrogens with zero attached hydrogens (tertiary/aromatic N) is 5. The summed E-state index contributed by atoms with van der Waals surface area (Å²) in [5, 5.41) is 8.43. The number of rotatable bonds is 5. The van der Waals surface area contributed by atoms with E-state index in [1.165, 1.54) is 32.1 Å². The molecule has 1 aliphatic carbocycles. The van der Waals surface area contributed by atoms with Gasteiger partial charge < -0.3 is 9.15 Å². The van der Waals surface area contributed by atoms with E-state index in [-0.39, 0.29) is 0 Å². The Morgan fingerprint density at radius 1 is 1.10 bits per heavy atom. The lowest BCUT2D eigenvalue weighted by molar-refractivity contribution is 0.210. The average Bonchev–Trinajstić information content (AvgIpc) is 3.37. The smallest absolute Gasteiger partial charge is 0.266 e. The molecular formula is C22H23N5O2. The van der Waals surface area contributed by atoms with Crippen LogP contribution in [-0.2, 0) is 0 Å². The van der Waals surface area contributed by atoms with E-state index in [1.54, 1.807) is 12.4 Å². The summed E-state index contributed by atoms with van der Waals surface area (Å²) in [6, 6.07) is 7.67. The van der Waals surface area contributed by atoms with E-state index in [0.29, 0.717) is 17.7 Å². The van der Waals surface area contributed by atoms with Crippen LogP contribution in [0.1, 0.15) is 37.8 Å². The predicted molar refractivity (Wildman–Crippen MR) is 109 cm³/mol. The van der Waals surface area contributed by atoms with Crippen LogP contribution in [0, 0.1) is 12.8 Å². The summed E-state index contributed by atoms with van der Waals surface area (Å²) in [5.74, 6) is 2.29. The van der Waals surface area contributed by atoms with Gasteiger partial charge in [0.1, 0.15) is 5.69 Å². The highest BCUT2D eigenvalue weighted by Gasteiger charge is 2.21. The molecular weight excluding hydrogens is 366 g/mol. The van der Waals surface area contributed by atoms with E-state index >= 15 is 0 Å². The molecule has 0 amide bonds. The molecule has 0 aliphatic heterocycles. The van der Waals surface area contributed by atoms with Gasteiger partial charge in [0, 0.05) is 18.6 Å². The zero-order chi connectivity index (χ0) is 19.6. The van der Waals surface area contributed by atoms with Crippen molar-refractivity contribution in [3.8, 4) is 28.8 Å². The Labute approximate surface area is 168 Å². The van der Waals surface area contributed by atoms with Crippen LogP contribution >= 0.6 is 0 Å². The Morgan fingerprint density at radius 2 is 1.97 bits per heavy atom. The molecule has 1 fully saturated rings. The summed E-state index contributed by atoms with van der Waals surface area (Å²) >= 11 is 0. The van der Waals surface area contributed by atoms with Crippen molar-refractivity contribution in [2.45, 2.75) is 39.0 Å². The van der Waals surface area contributed by atoms with Gasteiger partial charge in [0.2, 0.25) is 5.89 Å². The number of aromatic nitrogens is 5. The minimum Gasteiger partial charge on any atom is -0.489 e. The van der Waals surface area contributed by atoms with Crippen molar-refractivity contribution < 1.29 is 9.15 Å². The molecule has 4 aromatic rings. The third-order valence-corrected chi connectivity index (χ3v) is 5.52. The van der Waals surface area contributed by atoms with Gasteiger partial charge in [0.05, 0.1) is 17.9 Å². The Morgan fingerprint density at radius 3 is 2.79 bits per heavy atom. The third-order valence-electron chi connectivity index (χ3n) is 5.52. The largest absolute Gasteiger partial charge is 0.489 e. The van der Waals surface area contributed by atoms with Gasteiger partial charge in [-0.25, -0.2) is 4.98 Å². The lowest BCUT2D eigenvalue weighted by atomic mass is 9.90. The van der Waals surface area contributed by atoms with Crippen molar-refractivity contribution in [3.63, 3.8) is 0 Å². The number of imidazole rings is 1. The lowest BCUT2D eigenvalue weighted by Gasteiger charge is -2.21. The number of hydrogen-bond acceptors (Lipinski definition) is 6. The van der Waals surface area contributed by atoms with Gasteiger partial charge in [-0.2, -0.15) is 0 Å². The zero-order valence-electron chi connectivity index (χ0n) is 16.4. The van der Waals surface area contributed by atoms with Crippen LogP contribution < -0.4 is 4.74 Å². The number of ether oxygens (including phenoxy) is 1. The molecule has 0 atom stereocenters. The second-order valence-corrected chi connectivity index (χ2v) is 7.58. The average molecular weight is 389 g/mol. The molecule has 29 heavy (non-hydrogen) atoms. The molecule has 0 radical (unpaired) electrons. The third kappa shape index (κ3) is 3.48. The molecule has 148 valence electrons. The van der Waals surface area contributed by atoms with E-state index in [1.807, 2.05) is 41.8 Å². The molecule has 0 unspecified atom stereocenters. The van der Waals surface area contributed by atoms with Gasteiger partial charge in [0.25, 0.3) is 5.89 Å². The topological polar surface area (TPSA) is 78.3 Å². The maximum atomic E-state index is 6.18. The van der Waals surface area contributed by atoms with Gasteiger partial charge in [-0.15, -0.1) is 10.2 Å². The molecule has 0 bridgehead atoms. The summed E-state index contributed by atoms with van der Waals surface area (Å²) in [6.45, 7) is 2.69. The molecule has 0 saturated heterocycles. The molecule has 0 N–H and O–H groups in total. The van der Waals surface area contributed by atoms with E-state index in [0.717, 1.165) is 35.0 Å². The Hall–Kier alpha value is -3.22. The maximum Gasteiger partial charge on any atom is 0.266 e. The first kappa shape index (κ1) is 17.8. The van der Waals surface area contributed by atoms with E-state index in [4.69, 9.17) is 14.1 Å².